The molecule has 0 aromatic carbocycles. The molecule has 7 heteroatoms. The van der Waals surface area contributed by atoms with E-state index in [1.54, 1.807) is 18.6 Å². The Hall–Kier alpha value is -1.54. The fourth-order valence-electron chi connectivity index (χ4n) is 2.16. The van der Waals surface area contributed by atoms with Crippen molar-refractivity contribution in [3.63, 3.8) is 0 Å². The van der Waals surface area contributed by atoms with Crippen LogP contribution in [0.15, 0.2) is 11.7 Å². The van der Waals surface area contributed by atoms with E-state index < -0.39 is 0 Å². The second kappa shape index (κ2) is 4.86. The molecule has 1 aliphatic rings. The van der Waals surface area contributed by atoms with E-state index in [9.17, 15) is 10.2 Å². The fraction of sp³-hybridized carbons (Fsp3) is 0.333. The van der Waals surface area contributed by atoms with Gasteiger partial charge in [-0.1, -0.05) is 0 Å². The maximum atomic E-state index is 10.2. The summed E-state index contributed by atoms with van der Waals surface area (Å²) in [6, 6.07) is -0.333. The molecule has 0 saturated carbocycles. The summed E-state index contributed by atoms with van der Waals surface area (Å²) in [5.41, 5.74) is 7.18. The molecule has 2 aromatic rings. The quantitative estimate of drug-likeness (QED) is 0.765. The molecule has 100 valence electrons. The first-order chi connectivity index (χ1) is 9.22. The molecular formula is C12H13N3O3S. The second-order valence-corrected chi connectivity index (χ2v) is 5.18. The summed E-state index contributed by atoms with van der Waals surface area (Å²) in [6.45, 7) is 1.92. The minimum Gasteiger partial charge on any atom is -0.506 e. The molecule has 0 radical (unpaired) electrons. The molecule has 0 fully saturated rings. The van der Waals surface area contributed by atoms with Crippen LogP contribution in [0.25, 0.3) is 0 Å². The Kier molecular flexibility index (Phi) is 3.19. The first kappa shape index (κ1) is 12.5. The highest BCUT2D eigenvalue weighted by Crippen LogP contribution is 2.38. The van der Waals surface area contributed by atoms with Gasteiger partial charge in [0.2, 0.25) is 0 Å². The van der Waals surface area contributed by atoms with Gasteiger partial charge in [0.1, 0.15) is 12.4 Å². The fourth-order valence-corrected chi connectivity index (χ4v) is 3.00. The van der Waals surface area contributed by atoms with Crippen molar-refractivity contribution in [2.24, 2.45) is 0 Å². The Labute approximate surface area is 113 Å². The molecule has 6 nitrogen and oxygen atoms in total. The number of pyridine rings is 1. The van der Waals surface area contributed by atoms with Crippen molar-refractivity contribution >= 4 is 11.3 Å². The third kappa shape index (κ3) is 2.00. The number of nitrogens with zero attached hydrogens (tertiary/aromatic N) is 2. The van der Waals surface area contributed by atoms with Gasteiger partial charge in [-0.05, 0) is 6.92 Å². The summed E-state index contributed by atoms with van der Waals surface area (Å²) in [6.07, 6.45) is 1.57. The van der Waals surface area contributed by atoms with Crippen LogP contribution < -0.4 is 5.48 Å². The van der Waals surface area contributed by atoms with Crippen molar-refractivity contribution in [1.29, 1.82) is 0 Å². The van der Waals surface area contributed by atoms with Crippen LogP contribution in [0.2, 0.25) is 0 Å². The average molecular weight is 279 g/mol. The van der Waals surface area contributed by atoms with Gasteiger partial charge in [-0.25, -0.2) is 4.98 Å². The van der Waals surface area contributed by atoms with Crippen molar-refractivity contribution in [3.8, 4) is 5.75 Å². The normalized spacial score (nSPS) is 18.3. The van der Waals surface area contributed by atoms with E-state index in [0.29, 0.717) is 23.4 Å². The summed E-state index contributed by atoms with van der Waals surface area (Å²) in [5.74, 6) is 0.0777. The second-order valence-electron chi connectivity index (χ2n) is 4.29. The SMILES string of the molecule is Cc1ncc(CO)c([C@H]2NOCc3ncsc32)c1O. The summed E-state index contributed by atoms with van der Waals surface area (Å²) in [5, 5.41) is 19.7. The van der Waals surface area contributed by atoms with Crippen molar-refractivity contribution < 1.29 is 15.1 Å². The van der Waals surface area contributed by atoms with Crippen LogP contribution in [0.5, 0.6) is 5.75 Å². The molecule has 3 heterocycles. The summed E-state index contributed by atoms with van der Waals surface area (Å²) in [4.78, 5) is 14.6. The van der Waals surface area contributed by atoms with Gasteiger partial charge in [0.15, 0.2) is 0 Å². The van der Waals surface area contributed by atoms with Gasteiger partial charge < -0.3 is 10.2 Å². The highest BCUT2D eigenvalue weighted by atomic mass is 32.1. The molecule has 3 N–H and O–H groups in total. The van der Waals surface area contributed by atoms with Crippen LogP contribution in [0.4, 0.5) is 0 Å². The third-order valence-corrected chi connectivity index (χ3v) is 4.10. The molecule has 1 atom stereocenters. The maximum absolute atomic E-state index is 10.2. The van der Waals surface area contributed by atoms with E-state index in [1.807, 2.05) is 0 Å². The van der Waals surface area contributed by atoms with Crippen molar-refractivity contribution in [2.75, 3.05) is 0 Å². The monoisotopic (exact) mass is 279 g/mol. The highest BCUT2D eigenvalue weighted by molar-refractivity contribution is 7.09. The molecule has 0 amide bonds. The third-order valence-electron chi connectivity index (χ3n) is 3.16. The summed E-state index contributed by atoms with van der Waals surface area (Å²) in [7, 11) is 0. The average Bonchev–Trinajstić information content (AvgIpc) is 2.90. The highest BCUT2D eigenvalue weighted by Gasteiger charge is 2.29. The first-order valence-electron chi connectivity index (χ1n) is 5.80. The van der Waals surface area contributed by atoms with E-state index in [4.69, 9.17) is 4.84 Å². The standard InChI is InChI=1S/C12H13N3O3S/c1-6-11(17)9(7(3-16)2-13-6)10-12-8(4-18-15-10)14-5-19-12/h2,5,10,15-17H,3-4H2,1H3/t10-/m1/s1. The number of aromatic hydroxyl groups is 1. The molecule has 19 heavy (non-hydrogen) atoms. The number of hydrogen-bond donors (Lipinski definition) is 3. The zero-order chi connectivity index (χ0) is 13.4. The lowest BCUT2D eigenvalue weighted by Gasteiger charge is -2.25. The van der Waals surface area contributed by atoms with Crippen molar-refractivity contribution in [1.82, 2.24) is 15.4 Å². The Bertz CT molecular complexity index is 614. The Morgan fingerprint density at radius 2 is 2.37 bits per heavy atom. The molecule has 2 aromatic heterocycles. The maximum Gasteiger partial charge on any atom is 0.142 e. The van der Waals surface area contributed by atoms with Gasteiger partial charge in [0, 0.05) is 17.3 Å². The van der Waals surface area contributed by atoms with E-state index in [0.717, 1.165) is 10.6 Å². The van der Waals surface area contributed by atoms with Crippen LogP contribution in [-0.2, 0) is 18.1 Å². The van der Waals surface area contributed by atoms with Gasteiger partial charge in [0.05, 0.1) is 34.4 Å². The number of aliphatic hydroxyl groups excluding tert-OH is 1. The van der Waals surface area contributed by atoms with Gasteiger partial charge in [-0.15, -0.1) is 11.3 Å². The zero-order valence-electron chi connectivity index (χ0n) is 10.3. The van der Waals surface area contributed by atoms with Gasteiger partial charge in [-0.2, -0.15) is 5.48 Å². The lowest BCUT2D eigenvalue weighted by Crippen LogP contribution is -2.28. The van der Waals surface area contributed by atoms with Crippen LogP contribution in [0.1, 0.15) is 33.4 Å². The van der Waals surface area contributed by atoms with E-state index in [1.165, 1.54) is 11.3 Å². The molecule has 0 unspecified atom stereocenters. The number of fused-ring (bicyclic) bond motifs is 1. The van der Waals surface area contributed by atoms with Crippen LogP contribution in [0, 0.1) is 6.92 Å². The van der Waals surface area contributed by atoms with E-state index >= 15 is 0 Å². The predicted octanol–water partition coefficient (Wildman–Crippen LogP) is 1.17. The molecule has 0 spiro atoms. The largest absolute Gasteiger partial charge is 0.506 e. The Morgan fingerprint density at radius 3 is 3.16 bits per heavy atom. The van der Waals surface area contributed by atoms with Crippen molar-refractivity contribution in [3.05, 3.63) is 39.1 Å². The zero-order valence-corrected chi connectivity index (χ0v) is 11.1. The predicted molar refractivity (Wildman–Crippen MR) is 68.4 cm³/mol. The molecule has 0 saturated heterocycles. The number of hydrogen-bond acceptors (Lipinski definition) is 7. The van der Waals surface area contributed by atoms with Crippen LogP contribution in [0.3, 0.4) is 0 Å². The van der Waals surface area contributed by atoms with Crippen LogP contribution >= 0.6 is 11.3 Å². The number of thiazole rings is 1. The number of aromatic nitrogens is 2. The number of aliphatic hydroxyl groups is 1. The van der Waals surface area contributed by atoms with Gasteiger partial charge in [0.25, 0.3) is 0 Å². The molecular weight excluding hydrogens is 266 g/mol. The van der Waals surface area contributed by atoms with Gasteiger partial charge >= 0.3 is 0 Å². The van der Waals surface area contributed by atoms with E-state index in [2.05, 4.69) is 15.4 Å². The number of rotatable bonds is 2. The Morgan fingerprint density at radius 1 is 1.53 bits per heavy atom. The lowest BCUT2D eigenvalue weighted by atomic mass is 9.98. The Balaban J connectivity index is 2.16. The number of aryl methyl sites for hydroxylation is 1. The first-order valence-corrected chi connectivity index (χ1v) is 6.68. The molecule has 1 aliphatic heterocycles. The van der Waals surface area contributed by atoms with E-state index in [-0.39, 0.29) is 18.4 Å². The van der Waals surface area contributed by atoms with Crippen LogP contribution in [-0.4, -0.2) is 20.2 Å². The van der Waals surface area contributed by atoms with Gasteiger partial charge in [-0.3, -0.25) is 9.82 Å². The summed E-state index contributed by atoms with van der Waals surface area (Å²) >= 11 is 1.50. The number of hydroxylamine groups is 1. The topological polar surface area (TPSA) is 87.5 Å². The van der Waals surface area contributed by atoms with Crippen molar-refractivity contribution in [2.45, 2.75) is 26.2 Å². The molecule has 0 aliphatic carbocycles. The minimum absolute atomic E-state index is 0.0777. The molecule has 3 rings (SSSR count). The summed E-state index contributed by atoms with van der Waals surface area (Å²) < 4.78 is 0. The minimum atomic E-state index is -0.333. The smallest absolute Gasteiger partial charge is 0.142 e. The number of nitrogens with one attached hydrogen (secondary N) is 1. The molecule has 0 bridgehead atoms. The lowest BCUT2D eigenvalue weighted by molar-refractivity contribution is -0.00367.